The highest BCUT2D eigenvalue weighted by Crippen LogP contribution is 2.30. The third-order valence-electron chi connectivity index (χ3n) is 5.27. The molecule has 166 valence electrons. The second-order valence-corrected chi connectivity index (χ2v) is 8.82. The van der Waals surface area contributed by atoms with E-state index in [-0.39, 0.29) is 12.1 Å². The quantitative estimate of drug-likeness (QED) is 0.422. The van der Waals surface area contributed by atoms with Crippen LogP contribution in [0.5, 0.6) is 5.75 Å². The Bertz CT molecular complexity index is 992. The van der Waals surface area contributed by atoms with E-state index in [1.807, 2.05) is 42.5 Å². The smallest absolute Gasteiger partial charge is 0.347 e. The second kappa shape index (κ2) is 9.52. The highest BCUT2D eigenvalue weighted by Gasteiger charge is 2.30. The fourth-order valence-corrected chi connectivity index (χ4v) is 3.58. The minimum atomic E-state index is -1.30. The molecule has 3 rings (SSSR count). The molecule has 2 atom stereocenters. The number of carboxylic acids is 1. The standard InChI is InChI=1S/C25H32N2O4/c1-6-19(17-10-9-11-18(15-17)31-25(4,5)24(28)29)26-21(14-16(2)3)23-27-20-12-7-8-13-22(20)30-23/h7-13,15-16,19,21,26H,6,14H2,1-5H3,(H,28,29). The summed E-state index contributed by atoms with van der Waals surface area (Å²) in [4.78, 5) is 16.1. The van der Waals surface area contributed by atoms with Crippen LogP contribution in [0.2, 0.25) is 0 Å². The van der Waals surface area contributed by atoms with Crippen LogP contribution in [0.25, 0.3) is 11.1 Å². The van der Waals surface area contributed by atoms with Crippen molar-refractivity contribution in [1.29, 1.82) is 0 Å². The molecule has 0 amide bonds. The lowest BCUT2D eigenvalue weighted by atomic mass is 9.99. The van der Waals surface area contributed by atoms with Gasteiger partial charge in [0.1, 0.15) is 11.3 Å². The van der Waals surface area contributed by atoms with Gasteiger partial charge in [-0.1, -0.05) is 45.0 Å². The van der Waals surface area contributed by atoms with Crippen LogP contribution in [-0.2, 0) is 4.79 Å². The normalized spacial score (nSPS) is 14.0. The van der Waals surface area contributed by atoms with Gasteiger partial charge in [-0.2, -0.15) is 0 Å². The first-order valence-corrected chi connectivity index (χ1v) is 10.8. The number of ether oxygens (including phenoxy) is 1. The van der Waals surface area contributed by atoms with Gasteiger partial charge in [0.2, 0.25) is 5.89 Å². The number of nitrogens with one attached hydrogen (secondary N) is 1. The summed E-state index contributed by atoms with van der Waals surface area (Å²) >= 11 is 0. The Labute approximate surface area is 183 Å². The Morgan fingerprint density at radius 3 is 2.55 bits per heavy atom. The van der Waals surface area contributed by atoms with Gasteiger partial charge in [-0.3, -0.25) is 5.32 Å². The summed E-state index contributed by atoms with van der Waals surface area (Å²) in [6.07, 6.45) is 1.73. The molecule has 6 heteroatoms. The topological polar surface area (TPSA) is 84.6 Å². The van der Waals surface area contributed by atoms with Crippen molar-refractivity contribution in [2.24, 2.45) is 5.92 Å². The van der Waals surface area contributed by atoms with Crippen molar-refractivity contribution in [3.8, 4) is 5.75 Å². The summed E-state index contributed by atoms with van der Waals surface area (Å²) < 4.78 is 11.8. The molecule has 1 heterocycles. The zero-order valence-electron chi connectivity index (χ0n) is 18.9. The SMILES string of the molecule is CCC(NC(CC(C)C)c1nc2ccccc2o1)c1cccc(OC(C)(C)C(=O)O)c1. The van der Waals surface area contributed by atoms with Gasteiger partial charge in [-0.15, -0.1) is 0 Å². The first kappa shape index (κ1) is 22.8. The molecule has 31 heavy (non-hydrogen) atoms. The van der Waals surface area contributed by atoms with Crippen LogP contribution in [0.3, 0.4) is 0 Å². The molecule has 0 bridgehead atoms. The van der Waals surface area contributed by atoms with Crippen molar-refractivity contribution in [2.75, 3.05) is 0 Å². The van der Waals surface area contributed by atoms with Crippen molar-refractivity contribution in [3.63, 3.8) is 0 Å². The lowest BCUT2D eigenvalue weighted by Crippen LogP contribution is -2.37. The Morgan fingerprint density at radius 2 is 1.90 bits per heavy atom. The number of oxazole rings is 1. The van der Waals surface area contributed by atoms with Crippen LogP contribution < -0.4 is 10.1 Å². The first-order chi connectivity index (χ1) is 14.7. The highest BCUT2D eigenvalue weighted by molar-refractivity contribution is 5.76. The molecule has 0 aliphatic rings. The Balaban J connectivity index is 1.86. The number of nitrogens with zero attached hydrogens (tertiary/aromatic N) is 1. The van der Waals surface area contributed by atoms with E-state index in [0.29, 0.717) is 17.6 Å². The highest BCUT2D eigenvalue weighted by atomic mass is 16.5. The van der Waals surface area contributed by atoms with Crippen molar-refractivity contribution < 1.29 is 19.1 Å². The molecular formula is C25H32N2O4. The Morgan fingerprint density at radius 1 is 1.16 bits per heavy atom. The molecule has 0 radical (unpaired) electrons. The van der Waals surface area contributed by atoms with Crippen LogP contribution in [0.1, 0.15) is 71.0 Å². The average molecular weight is 425 g/mol. The summed E-state index contributed by atoms with van der Waals surface area (Å²) in [7, 11) is 0. The number of hydrogen-bond acceptors (Lipinski definition) is 5. The molecule has 0 spiro atoms. The average Bonchev–Trinajstić information content (AvgIpc) is 3.14. The maximum atomic E-state index is 11.4. The number of benzene rings is 2. The summed E-state index contributed by atoms with van der Waals surface area (Å²) in [6.45, 7) is 9.57. The van der Waals surface area contributed by atoms with Gasteiger partial charge in [0, 0.05) is 6.04 Å². The monoisotopic (exact) mass is 424 g/mol. The molecule has 3 aromatic rings. The number of rotatable bonds is 10. The number of aromatic nitrogens is 1. The zero-order valence-corrected chi connectivity index (χ0v) is 18.9. The van der Waals surface area contributed by atoms with E-state index in [4.69, 9.17) is 14.1 Å². The molecule has 0 fully saturated rings. The van der Waals surface area contributed by atoms with Gasteiger partial charge in [0.25, 0.3) is 0 Å². The van der Waals surface area contributed by atoms with Gasteiger partial charge >= 0.3 is 5.97 Å². The molecule has 0 saturated carbocycles. The summed E-state index contributed by atoms with van der Waals surface area (Å²) in [6, 6.07) is 15.4. The third kappa shape index (κ3) is 5.64. The third-order valence-corrected chi connectivity index (χ3v) is 5.27. The van der Waals surface area contributed by atoms with Gasteiger partial charge in [-0.05, 0) is 62.4 Å². The van der Waals surface area contributed by atoms with Crippen LogP contribution in [0.4, 0.5) is 0 Å². The number of aliphatic carboxylic acids is 1. The van der Waals surface area contributed by atoms with Crippen LogP contribution >= 0.6 is 0 Å². The number of fused-ring (bicyclic) bond motifs is 1. The molecule has 0 aliphatic carbocycles. The number of para-hydroxylation sites is 2. The predicted molar refractivity (Wildman–Crippen MR) is 121 cm³/mol. The first-order valence-electron chi connectivity index (χ1n) is 10.8. The van der Waals surface area contributed by atoms with E-state index < -0.39 is 11.6 Å². The molecule has 2 unspecified atom stereocenters. The van der Waals surface area contributed by atoms with Crippen molar-refractivity contribution in [2.45, 2.75) is 65.1 Å². The number of carboxylic acid groups (broad SMARTS) is 1. The van der Waals surface area contributed by atoms with E-state index in [1.165, 1.54) is 0 Å². The maximum absolute atomic E-state index is 11.4. The molecule has 2 N–H and O–H groups in total. The fourth-order valence-electron chi connectivity index (χ4n) is 3.58. The predicted octanol–water partition coefficient (Wildman–Crippen LogP) is 5.90. The van der Waals surface area contributed by atoms with Crippen molar-refractivity contribution in [3.05, 3.63) is 60.0 Å². The van der Waals surface area contributed by atoms with Crippen LogP contribution in [0, 0.1) is 5.92 Å². The van der Waals surface area contributed by atoms with Crippen molar-refractivity contribution in [1.82, 2.24) is 10.3 Å². The minimum absolute atomic E-state index is 0.0373. The zero-order chi connectivity index (χ0) is 22.6. The fraction of sp³-hybridized carbons (Fsp3) is 0.440. The van der Waals surface area contributed by atoms with E-state index in [2.05, 4.69) is 26.1 Å². The lowest BCUT2D eigenvalue weighted by molar-refractivity contribution is -0.152. The molecule has 1 aromatic heterocycles. The van der Waals surface area contributed by atoms with Gasteiger partial charge in [0.15, 0.2) is 11.2 Å². The lowest BCUT2D eigenvalue weighted by Gasteiger charge is -2.26. The van der Waals surface area contributed by atoms with E-state index in [9.17, 15) is 9.90 Å². The van der Waals surface area contributed by atoms with E-state index in [0.717, 1.165) is 29.5 Å². The number of carbonyl (C=O) groups is 1. The van der Waals surface area contributed by atoms with E-state index in [1.54, 1.807) is 19.9 Å². The Hall–Kier alpha value is -2.86. The van der Waals surface area contributed by atoms with Gasteiger partial charge in [0.05, 0.1) is 6.04 Å². The minimum Gasteiger partial charge on any atom is -0.478 e. The molecule has 0 saturated heterocycles. The molecule has 2 aromatic carbocycles. The molecule has 0 aliphatic heterocycles. The second-order valence-electron chi connectivity index (χ2n) is 8.82. The van der Waals surface area contributed by atoms with Crippen molar-refractivity contribution >= 4 is 17.1 Å². The maximum Gasteiger partial charge on any atom is 0.347 e. The summed E-state index contributed by atoms with van der Waals surface area (Å²) in [5.74, 6) is 0.673. The molecular weight excluding hydrogens is 392 g/mol. The van der Waals surface area contributed by atoms with Crippen LogP contribution in [0.15, 0.2) is 52.9 Å². The summed E-state index contributed by atoms with van der Waals surface area (Å²) in [5.41, 5.74) is 1.37. The van der Waals surface area contributed by atoms with Crippen LogP contribution in [-0.4, -0.2) is 21.7 Å². The summed E-state index contributed by atoms with van der Waals surface area (Å²) in [5, 5.41) is 13.1. The molecule has 6 nitrogen and oxygen atoms in total. The number of hydrogen-bond donors (Lipinski definition) is 2. The largest absolute Gasteiger partial charge is 0.478 e. The van der Waals surface area contributed by atoms with Gasteiger partial charge in [-0.25, -0.2) is 9.78 Å². The van der Waals surface area contributed by atoms with Gasteiger partial charge < -0.3 is 14.3 Å². The Kier molecular flexibility index (Phi) is 7.01. The van der Waals surface area contributed by atoms with E-state index >= 15 is 0 Å².